The first-order chi connectivity index (χ1) is 7.46. The third kappa shape index (κ3) is 2.19. The van der Waals surface area contributed by atoms with Crippen molar-refractivity contribution in [2.45, 2.75) is 6.04 Å². The number of rotatable bonds is 2. The molecular weight excluding hydrogens is 236 g/mol. The van der Waals surface area contributed by atoms with Crippen molar-refractivity contribution < 1.29 is 8.42 Å². The van der Waals surface area contributed by atoms with Crippen LogP contribution in [0.4, 0.5) is 5.82 Å². The normalized spacial score (nSPS) is 22.1. The van der Waals surface area contributed by atoms with Crippen LogP contribution in [-0.4, -0.2) is 35.4 Å². The Balaban J connectivity index is 2.21. The molecule has 0 saturated heterocycles. The number of aromatic amines is 2. The van der Waals surface area contributed by atoms with E-state index < -0.39 is 27.1 Å². The smallest absolute Gasteiger partial charge is 0.342 e. The zero-order valence-electron chi connectivity index (χ0n) is 7.93. The summed E-state index contributed by atoms with van der Waals surface area (Å²) in [6, 6.07) is -0.510. The largest absolute Gasteiger partial charge is 0.357 e. The first-order valence-electron chi connectivity index (χ1n) is 4.33. The van der Waals surface area contributed by atoms with Gasteiger partial charge in [-0.1, -0.05) is 0 Å². The van der Waals surface area contributed by atoms with Crippen LogP contribution in [0.25, 0.3) is 0 Å². The molecule has 1 aliphatic rings. The van der Waals surface area contributed by atoms with Gasteiger partial charge in [-0.2, -0.15) is 0 Å². The van der Waals surface area contributed by atoms with E-state index in [4.69, 9.17) is 0 Å². The molecule has 0 amide bonds. The van der Waals surface area contributed by atoms with Gasteiger partial charge in [-0.15, -0.1) is 5.10 Å². The molecule has 2 heterocycles. The highest BCUT2D eigenvalue weighted by Gasteiger charge is 2.22. The monoisotopic (exact) mass is 244 g/mol. The third-order valence-corrected chi connectivity index (χ3v) is 3.36. The predicted molar refractivity (Wildman–Crippen MR) is 55.8 cm³/mol. The molecule has 8 nitrogen and oxygen atoms in total. The number of sulfone groups is 1. The van der Waals surface area contributed by atoms with Crippen LogP contribution in [0.1, 0.15) is 0 Å². The molecule has 1 aliphatic heterocycles. The van der Waals surface area contributed by atoms with Crippen LogP contribution in [0.3, 0.4) is 0 Å². The second kappa shape index (κ2) is 3.59. The van der Waals surface area contributed by atoms with E-state index in [0.717, 1.165) is 5.41 Å². The van der Waals surface area contributed by atoms with Crippen molar-refractivity contribution in [1.29, 1.82) is 0 Å². The molecule has 1 unspecified atom stereocenters. The number of hydrogen-bond acceptors (Lipinski definition) is 6. The van der Waals surface area contributed by atoms with E-state index in [1.165, 1.54) is 6.08 Å². The first-order valence-corrected chi connectivity index (χ1v) is 6.04. The number of H-pyrrole nitrogens is 2. The average Bonchev–Trinajstić information content (AvgIpc) is 2.51. The van der Waals surface area contributed by atoms with Gasteiger partial charge >= 0.3 is 5.69 Å². The number of hydrogen-bond donors (Lipinski definition) is 3. The van der Waals surface area contributed by atoms with Crippen molar-refractivity contribution in [3.63, 3.8) is 0 Å². The van der Waals surface area contributed by atoms with Gasteiger partial charge in [0.2, 0.25) is 5.82 Å². The quantitative estimate of drug-likeness (QED) is 0.562. The summed E-state index contributed by atoms with van der Waals surface area (Å²) in [4.78, 5) is 23.9. The van der Waals surface area contributed by atoms with Gasteiger partial charge in [-0.3, -0.25) is 9.78 Å². The standard InChI is InChI=1S/C7H8N4O4S/c12-6-5(10-11-7(13)9-6)8-4-1-2-16(14,15)3-4/h1-2,4H,3H2,(H,8,10)(H2,9,11,12,13). The molecule has 1 aromatic rings. The number of anilines is 1. The fraction of sp³-hybridized carbons (Fsp3) is 0.286. The van der Waals surface area contributed by atoms with E-state index in [2.05, 4.69) is 10.4 Å². The Labute approximate surface area is 89.3 Å². The van der Waals surface area contributed by atoms with Crippen molar-refractivity contribution in [1.82, 2.24) is 15.2 Å². The van der Waals surface area contributed by atoms with Crippen molar-refractivity contribution >= 4 is 15.7 Å². The molecule has 9 heteroatoms. The Hall–Kier alpha value is -1.90. The van der Waals surface area contributed by atoms with Crippen molar-refractivity contribution in [3.8, 4) is 0 Å². The van der Waals surface area contributed by atoms with E-state index in [-0.39, 0.29) is 11.6 Å². The molecule has 3 N–H and O–H groups in total. The summed E-state index contributed by atoms with van der Waals surface area (Å²) in [5, 5.41) is 9.18. The van der Waals surface area contributed by atoms with Crippen molar-refractivity contribution in [2.75, 3.05) is 11.1 Å². The molecule has 0 saturated carbocycles. The highest BCUT2D eigenvalue weighted by atomic mass is 32.2. The minimum atomic E-state index is -3.19. The molecule has 0 fully saturated rings. The fourth-order valence-electron chi connectivity index (χ4n) is 1.29. The minimum absolute atomic E-state index is 0.119. The minimum Gasteiger partial charge on any atom is -0.357 e. The molecule has 86 valence electrons. The van der Waals surface area contributed by atoms with Crippen LogP contribution in [0, 0.1) is 0 Å². The van der Waals surface area contributed by atoms with Gasteiger partial charge in [-0.05, 0) is 6.08 Å². The van der Waals surface area contributed by atoms with Gasteiger partial charge in [0.25, 0.3) is 5.56 Å². The molecule has 2 rings (SSSR count). The topological polar surface area (TPSA) is 125 Å². The maximum atomic E-state index is 11.2. The summed E-state index contributed by atoms with van der Waals surface area (Å²) in [5.41, 5.74) is -1.41. The van der Waals surface area contributed by atoms with Crippen molar-refractivity contribution in [3.05, 3.63) is 32.3 Å². The zero-order chi connectivity index (χ0) is 11.8. The van der Waals surface area contributed by atoms with Crippen LogP contribution < -0.4 is 16.6 Å². The van der Waals surface area contributed by atoms with Gasteiger partial charge < -0.3 is 5.32 Å². The lowest BCUT2D eigenvalue weighted by Gasteiger charge is -2.08. The van der Waals surface area contributed by atoms with Gasteiger partial charge in [0.1, 0.15) is 0 Å². The second-order valence-corrected chi connectivity index (χ2v) is 5.20. The Morgan fingerprint density at radius 2 is 2.19 bits per heavy atom. The molecular formula is C7H8N4O4S. The third-order valence-electron chi connectivity index (χ3n) is 1.96. The van der Waals surface area contributed by atoms with E-state index in [9.17, 15) is 18.0 Å². The van der Waals surface area contributed by atoms with E-state index >= 15 is 0 Å². The fourth-order valence-corrected chi connectivity index (χ4v) is 2.52. The molecule has 0 aromatic carbocycles. The number of aromatic nitrogens is 3. The van der Waals surface area contributed by atoms with Gasteiger partial charge in [0.15, 0.2) is 9.84 Å². The number of nitrogens with one attached hydrogen (secondary N) is 3. The summed E-state index contributed by atoms with van der Waals surface area (Å²) >= 11 is 0. The van der Waals surface area contributed by atoms with Gasteiger partial charge in [0, 0.05) is 5.41 Å². The summed E-state index contributed by atoms with van der Waals surface area (Å²) < 4.78 is 22.2. The molecule has 0 bridgehead atoms. The lowest BCUT2D eigenvalue weighted by Crippen LogP contribution is -2.31. The van der Waals surface area contributed by atoms with Gasteiger partial charge in [0.05, 0.1) is 11.8 Å². The Bertz CT molecular complexity index is 641. The number of nitrogens with zero attached hydrogens (tertiary/aromatic N) is 1. The van der Waals surface area contributed by atoms with E-state index in [1.807, 2.05) is 10.1 Å². The Morgan fingerprint density at radius 1 is 1.44 bits per heavy atom. The lowest BCUT2D eigenvalue weighted by atomic mass is 10.3. The zero-order valence-corrected chi connectivity index (χ0v) is 8.74. The maximum absolute atomic E-state index is 11.2. The van der Waals surface area contributed by atoms with Crippen LogP contribution in [0.15, 0.2) is 21.1 Å². The maximum Gasteiger partial charge on any atom is 0.342 e. The van der Waals surface area contributed by atoms with Crippen LogP contribution in [0.5, 0.6) is 0 Å². The molecule has 0 radical (unpaired) electrons. The highest BCUT2D eigenvalue weighted by Crippen LogP contribution is 2.10. The van der Waals surface area contributed by atoms with E-state index in [1.54, 1.807) is 0 Å². The Kier molecular flexibility index (Phi) is 2.38. The SMILES string of the molecule is O=c1[nH]nc(NC2C=CS(=O)(=O)C2)c(=O)[nH]1. The van der Waals surface area contributed by atoms with Crippen molar-refractivity contribution in [2.24, 2.45) is 0 Å². The predicted octanol–water partition coefficient (Wildman–Crippen LogP) is -1.82. The molecule has 0 aliphatic carbocycles. The molecule has 16 heavy (non-hydrogen) atoms. The van der Waals surface area contributed by atoms with Crippen LogP contribution in [-0.2, 0) is 9.84 Å². The first kappa shape index (κ1) is 10.6. The molecule has 1 aromatic heterocycles. The summed E-state index contributed by atoms with van der Waals surface area (Å²) in [5.74, 6) is -0.251. The summed E-state index contributed by atoms with van der Waals surface area (Å²) in [7, 11) is -3.19. The molecule has 1 atom stereocenters. The van der Waals surface area contributed by atoms with E-state index in [0.29, 0.717) is 0 Å². The van der Waals surface area contributed by atoms with Crippen LogP contribution >= 0.6 is 0 Å². The second-order valence-electron chi connectivity index (χ2n) is 3.26. The Morgan fingerprint density at radius 3 is 2.75 bits per heavy atom. The highest BCUT2D eigenvalue weighted by molar-refractivity contribution is 7.94. The molecule has 0 spiro atoms. The lowest BCUT2D eigenvalue weighted by molar-refractivity contribution is 0.605. The van der Waals surface area contributed by atoms with Crippen LogP contribution in [0.2, 0.25) is 0 Å². The van der Waals surface area contributed by atoms with Gasteiger partial charge in [-0.25, -0.2) is 18.3 Å². The summed E-state index contributed by atoms with van der Waals surface area (Å²) in [6.07, 6.45) is 1.42. The summed E-state index contributed by atoms with van der Waals surface area (Å²) in [6.45, 7) is 0. The average molecular weight is 244 g/mol.